The minimum atomic E-state index is -0.398. The third-order valence-corrected chi connectivity index (χ3v) is 3.05. The van der Waals surface area contributed by atoms with Gasteiger partial charge in [0.05, 0.1) is 6.10 Å². The largest absolute Gasteiger partial charge is 0.489 e. The summed E-state index contributed by atoms with van der Waals surface area (Å²) in [6.07, 6.45) is 1.35. The highest BCUT2D eigenvalue weighted by molar-refractivity contribution is 5.30. The van der Waals surface area contributed by atoms with Gasteiger partial charge in [0.2, 0.25) is 0 Å². The maximum Gasteiger partial charge on any atom is 0.120 e. The molecule has 1 atom stereocenters. The molecule has 1 unspecified atom stereocenters. The fraction of sp³-hybridized carbons (Fsp3) is 0.294. The first kappa shape index (κ1) is 13.6. The molecule has 2 rings (SSSR count). The van der Waals surface area contributed by atoms with Crippen molar-refractivity contribution in [2.24, 2.45) is 0 Å². The average Bonchev–Trinajstić information content (AvgIpc) is 2.47. The number of aliphatic hydroxyl groups excluding tert-OH is 1. The van der Waals surface area contributed by atoms with Crippen molar-refractivity contribution < 1.29 is 9.84 Å². The maximum absolute atomic E-state index is 9.97. The van der Waals surface area contributed by atoms with Crippen LogP contribution in [0.25, 0.3) is 0 Å². The molecule has 0 bridgehead atoms. The summed E-state index contributed by atoms with van der Waals surface area (Å²) in [4.78, 5) is 0. The fourth-order valence-electron chi connectivity index (χ4n) is 1.99. The van der Waals surface area contributed by atoms with Crippen LogP contribution in [0.3, 0.4) is 0 Å². The van der Waals surface area contributed by atoms with E-state index in [1.165, 1.54) is 0 Å². The van der Waals surface area contributed by atoms with Crippen molar-refractivity contribution in [1.82, 2.24) is 0 Å². The Morgan fingerprint density at radius 3 is 2.58 bits per heavy atom. The quantitative estimate of drug-likeness (QED) is 0.843. The molecule has 0 fully saturated rings. The number of rotatable bonds is 6. The molecule has 2 heteroatoms. The predicted molar refractivity (Wildman–Crippen MR) is 77.1 cm³/mol. The average molecular weight is 256 g/mol. The van der Waals surface area contributed by atoms with Crippen LogP contribution in [0.15, 0.2) is 54.6 Å². The van der Waals surface area contributed by atoms with E-state index in [1.807, 2.05) is 54.6 Å². The molecule has 0 radical (unpaired) electrons. The number of aliphatic hydroxyl groups is 1. The Labute approximate surface area is 114 Å². The molecule has 0 aliphatic heterocycles. The van der Waals surface area contributed by atoms with Crippen molar-refractivity contribution in [3.63, 3.8) is 0 Å². The summed E-state index contributed by atoms with van der Waals surface area (Å²) < 4.78 is 5.75. The highest BCUT2D eigenvalue weighted by atomic mass is 16.5. The van der Waals surface area contributed by atoms with E-state index < -0.39 is 6.10 Å². The SMILES string of the molecule is CCCC(O)c1cccc(OCc2ccccc2)c1. The second kappa shape index (κ2) is 6.95. The number of ether oxygens (including phenoxy) is 1. The van der Waals surface area contributed by atoms with Gasteiger partial charge in [0.1, 0.15) is 12.4 Å². The van der Waals surface area contributed by atoms with Gasteiger partial charge in [-0.25, -0.2) is 0 Å². The highest BCUT2D eigenvalue weighted by Gasteiger charge is 2.07. The van der Waals surface area contributed by atoms with Crippen molar-refractivity contribution in [2.45, 2.75) is 32.5 Å². The third-order valence-electron chi connectivity index (χ3n) is 3.05. The molecule has 1 N–H and O–H groups in total. The monoisotopic (exact) mass is 256 g/mol. The van der Waals surface area contributed by atoms with Crippen LogP contribution in [0.2, 0.25) is 0 Å². The van der Waals surface area contributed by atoms with Crippen LogP contribution in [-0.4, -0.2) is 5.11 Å². The Bertz CT molecular complexity index is 494. The second-order valence-corrected chi connectivity index (χ2v) is 4.65. The van der Waals surface area contributed by atoms with Crippen LogP contribution in [0.4, 0.5) is 0 Å². The van der Waals surface area contributed by atoms with E-state index in [1.54, 1.807) is 0 Å². The van der Waals surface area contributed by atoms with Gasteiger partial charge in [-0.3, -0.25) is 0 Å². The Hall–Kier alpha value is -1.80. The summed E-state index contributed by atoms with van der Waals surface area (Å²) >= 11 is 0. The van der Waals surface area contributed by atoms with Gasteiger partial charge < -0.3 is 9.84 Å². The van der Waals surface area contributed by atoms with E-state index in [-0.39, 0.29) is 0 Å². The van der Waals surface area contributed by atoms with Gasteiger partial charge in [0.15, 0.2) is 0 Å². The van der Waals surface area contributed by atoms with Crippen LogP contribution >= 0.6 is 0 Å². The molecular weight excluding hydrogens is 236 g/mol. The van der Waals surface area contributed by atoms with E-state index in [2.05, 4.69) is 6.92 Å². The minimum absolute atomic E-state index is 0.398. The normalized spacial score (nSPS) is 12.1. The lowest BCUT2D eigenvalue weighted by molar-refractivity contribution is 0.166. The summed E-state index contributed by atoms with van der Waals surface area (Å²) in [5, 5.41) is 9.97. The van der Waals surface area contributed by atoms with Crippen LogP contribution in [0.1, 0.15) is 37.0 Å². The first-order valence-electron chi connectivity index (χ1n) is 6.74. The molecule has 0 aliphatic rings. The van der Waals surface area contributed by atoms with Crippen LogP contribution in [0.5, 0.6) is 5.75 Å². The van der Waals surface area contributed by atoms with Crippen molar-refractivity contribution in [3.05, 3.63) is 65.7 Å². The highest BCUT2D eigenvalue weighted by Crippen LogP contribution is 2.23. The lowest BCUT2D eigenvalue weighted by Crippen LogP contribution is -1.99. The zero-order chi connectivity index (χ0) is 13.5. The van der Waals surface area contributed by atoms with Gasteiger partial charge in [-0.15, -0.1) is 0 Å². The zero-order valence-electron chi connectivity index (χ0n) is 11.3. The van der Waals surface area contributed by atoms with Gasteiger partial charge in [0, 0.05) is 0 Å². The Morgan fingerprint density at radius 2 is 1.84 bits per heavy atom. The molecule has 100 valence electrons. The molecule has 0 aliphatic carbocycles. The molecule has 0 heterocycles. The maximum atomic E-state index is 9.97. The number of hydrogen-bond donors (Lipinski definition) is 1. The summed E-state index contributed by atoms with van der Waals surface area (Å²) in [6, 6.07) is 17.8. The van der Waals surface area contributed by atoms with Crippen molar-refractivity contribution in [1.29, 1.82) is 0 Å². The number of benzene rings is 2. The van der Waals surface area contributed by atoms with Crippen molar-refractivity contribution >= 4 is 0 Å². The second-order valence-electron chi connectivity index (χ2n) is 4.65. The molecular formula is C17H20O2. The summed E-state index contributed by atoms with van der Waals surface area (Å²) in [5.74, 6) is 0.802. The standard InChI is InChI=1S/C17H20O2/c1-2-7-17(18)15-10-6-11-16(12-15)19-13-14-8-4-3-5-9-14/h3-6,8-12,17-18H,2,7,13H2,1H3. The lowest BCUT2D eigenvalue weighted by Gasteiger charge is -2.12. The Morgan fingerprint density at radius 1 is 1.05 bits per heavy atom. The summed E-state index contributed by atoms with van der Waals surface area (Å²) in [7, 11) is 0. The zero-order valence-corrected chi connectivity index (χ0v) is 11.3. The van der Waals surface area contributed by atoms with E-state index >= 15 is 0 Å². The molecule has 2 aromatic rings. The molecule has 19 heavy (non-hydrogen) atoms. The fourth-order valence-corrected chi connectivity index (χ4v) is 1.99. The Kier molecular flexibility index (Phi) is 4.99. The minimum Gasteiger partial charge on any atom is -0.489 e. The Balaban J connectivity index is 1.99. The molecule has 0 aromatic heterocycles. The van der Waals surface area contributed by atoms with Gasteiger partial charge in [-0.1, -0.05) is 55.8 Å². The van der Waals surface area contributed by atoms with Crippen LogP contribution in [-0.2, 0) is 6.61 Å². The van der Waals surface area contributed by atoms with Crippen LogP contribution in [0, 0.1) is 0 Å². The molecule has 0 saturated heterocycles. The van der Waals surface area contributed by atoms with Gasteiger partial charge >= 0.3 is 0 Å². The third kappa shape index (κ3) is 4.11. The topological polar surface area (TPSA) is 29.5 Å². The first-order chi connectivity index (χ1) is 9.29. The smallest absolute Gasteiger partial charge is 0.120 e. The number of hydrogen-bond acceptors (Lipinski definition) is 2. The van der Waals surface area contributed by atoms with Crippen LogP contribution < -0.4 is 4.74 Å². The van der Waals surface area contributed by atoms with Gasteiger partial charge in [0.25, 0.3) is 0 Å². The van der Waals surface area contributed by atoms with Crippen molar-refractivity contribution in [2.75, 3.05) is 0 Å². The summed E-state index contributed by atoms with van der Waals surface area (Å²) in [6.45, 7) is 2.62. The van der Waals surface area contributed by atoms with Gasteiger partial charge in [-0.2, -0.15) is 0 Å². The molecule has 2 nitrogen and oxygen atoms in total. The van der Waals surface area contributed by atoms with Gasteiger partial charge in [-0.05, 0) is 29.7 Å². The van der Waals surface area contributed by atoms with E-state index in [0.29, 0.717) is 6.61 Å². The van der Waals surface area contributed by atoms with E-state index in [9.17, 15) is 5.11 Å². The molecule has 0 amide bonds. The summed E-state index contributed by atoms with van der Waals surface area (Å²) in [5.41, 5.74) is 2.06. The lowest BCUT2D eigenvalue weighted by atomic mass is 10.1. The van der Waals surface area contributed by atoms with E-state index in [4.69, 9.17) is 4.74 Å². The predicted octanol–water partition coefficient (Wildman–Crippen LogP) is 4.10. The van der Waals surface area contributed by atoms with Crippen molar-refractivity contribution in [3.8, 4) is 5.75 Å². The molecule has 0 spiro atoms. The van der Waals surface area contributed by atoms with E-state index in [0.717, 1.165) is 29.7 Å². The molecule has 2 aromatic carbocycles. The first-order valence-corrected chi connectivity index (χ1v) is 6.74. The molecule has 0 saturated carbocycles.